The van der Waals surface area contributed by atoms with Crippen LogP contribution in [-0.2, 0) is 10.4 Å². The van der Waals surface area contributed by atoms with Gasteiger partial charge in [0.2, 0.25) is 0 Å². The molecule has 0 unspecified atom stereocenters. The molecule has 1 aromatic heterocycles. The van der Waals surface area contributed by atoms with Crippen LogP contribution in [0, 0.1) is 0 Å². The molecule has 0 saturated heterocycles. The van der Waals surface area contributed by atoms with Crippen molar-refractivity contribution in [2.45, 2.75) is 12.5 Å². The molecule has 0 aliphatic heterocycles. The lowest BCUT2D eigenvalue weighted by Crippen LogP contribution is -2.37. The van der Waals surface area contributed by atoms with Gasteiger partial charge in [-0.15, -0.1) is 0 Å². The van der Waals surface area contributed by atoms with Gasteiger partial charge in [-0.2, -0.15) is 0 Å². The van der Waals surface area contributed by atoms with Crippen molar-refractivity contribution in [3.8, 4) is 0 Å². The summed E-state index contributed by atoms with van der Waals surface area (Å²) in [6.07, 6.45) is 1.52. The summed E-state index contributed by atoms with van der Waals surface area (Å²) in [7, 11) is 0. The van der Waals surface area contributed by atoms with E-state index in [0.717, 1.165) is 0 Å². The highest BCUT2D eigenvalue weighted by molar-refractivity contribution is 6.34. The molecule has 24 heavy (non-hydrogen) atoms. The van der Waals surface area contributed by atoms with Gasteiger partial charge in [-0.05, 0) is 36.1 Å². The van der Waals surface area contributed by atoms with E-state index >= 15 is 0 Å². The van der Waals surface area contributed by atoms with Crippen molar-refractivity contribution >= 4 is 34.0 Å². The van der Waals surface area contributed by atoms with Crippen molar-refractivity contribution in [2.75, 3.05) is 5.32 Å². The van der Waals surface area contributed by atoms with Gasteiger partial charge in [0.15, 0.2) is 5.60 Å². The van der Waals surface area contributed by atoms with Crippen LogP contribution >= 0.6 is 11.6 Å². The van der Waals surface area contributed by atoms with Crippen LogP contribution in [0.25, 0.3) is 10.8 Å². The van der Waals surface area contributed by atoms with Gasteiger partial charge in [0, 0.05) is 11.6 Å². The molecule has 0 saturated carbocycles. The van der Waals surface area contributed by atoms with Gasteiger partial charge in [-0.3, -0.25) is 9.59 Å². The lowest BCUT2D eigenvalue weighted by molar-refractivity contribution is -0.133. The summed E-state index contributed by atoms with van der Waals surface area (Å²) in [5.41, 5.74) is -1.18. The van der Waals surface area contributed by atoms with Crippen LogP contribution < -0.4 is 10.9 Å². The second kappa shape index (κ2) is 6.11. The Bertz CT molecular complexity index is 965. The number of hydrogen-bond acceptors (Lipinski definition) is 3. The Morgan fingerprint density at radius 2 is 1.92 bits per heavy atom. The van der Waals surface area contributed by atoms with Gasteiger partial charge < -0.3 is 15.4 Å². The van der Waals surface area contributed by atoms with Crippen LogP contribution in [0.3, 0.4) is 0 Å². The number of pyridine rings is 1. The topological polar surface area (TPSA) is 82.2 Å². The SMILES string of the molecule is C[C@@](O)(C(=O)Nc1cc2cc[nH]c(=O)c2cc1Cl)c1ccccc1. The van der Waals surface area contributed by atoms with E-state index in [-0.39, 0.29) is 10.6 Å². The Hall–Kier alpha value is -2.63. The van der Waals surface area contributed by atoms with E-state index in [1.54, 1.807) is 42.5 Å². The molecular formula is C18H15ClN2O3. The van der Waals surface area contributed by atoms with E-state index in [4.69, 9.17) is 11.6 Å². The van der Waals surface area contributed by atoms with E-state index in [1.807, 2.05) is 0 Å². The standard InChI is InChI=1S/C18H15ClN2O3/c1-18(24,12-5-3-2-4-6-12)17(23)21-15-9-11-7-8-20-16(22)13(11)10-14(15)19/h2-10,24H,1H3,(H,20,22)(H,21,23)/t18-/m0/s1. The van der Waals surface area contributed by atoms with Crippen molar-refractivity contribution in [1.29, 1.82) is 0 Å². The number of anilines is 1. The van der Waals surface area contributed by atoms with Crippen molar-refractivity contribution in [1.82, 2.24) is 4.98 Å². The van der Waals surface area contributed by atoms with Crippen molar-refractivity contribution in [3.63, 3.8) is 0 Å². The summed E-state index contributed by atoms with van der Waals surface area (Å²) >= 11 is 6.17. The second-order valence-corrected chi connectivity index (χ2v) is 6.03. The third kappa shape index (κ3) is 2.91. The Morgan fingerprint density at radius 1 is 1.21 bits per heavy atom. The number of benzene rings is 2. The normalized spacial score (nSPS) is 13.5. The van der Waals surface area contributed by atoms with Crippen molar-refractivity contribution < 1.29 is 9.90 Å². The van der Waals surface area contributed by atoms with Gasteiger partial charge in [-0.25, -0.2) is 0 Å². The molecule has 122 valence electrons. The van der Waals surface area contributed by atoms with E-state index < -0.39 is 11.5 Å². The molecule has 0 aliphatic rings. The first-order valence-electron chi connectivity index (χ1n) is 7.30. The van der Waals surface area contributed by atoms with E-state index in [2.05, 4.69) is 10.3 Å². The Labute approximate surface area is 142 Å². The molecule has 0 fully saturated rings. The second-order valence-electron chi connectivity index (χ2n) is 5.62. The van der Waals surface area contributed by atoms with Crippen LogP contribution in [-0.4, -0.2) is 16.0 Å². The summed E-state index contributed by atoms with van der Waals surface area (Å²) in [4.78, 5) is 26.8. The molecule has 1 atom stereocenters. The summed E-state index contributed by atoms with van der Waals surface area (Å²) < 4.78 is 0. The third-order valence-corrected chi connectivity index (χ3v) is 4.20. The molecule has 3 aromatic rings. The van der Waals surface area contributed by atoms with E-state index in [1.165, 1.54) is 19.2 Å². The molecule has 0 spiro atoms. The first kappa shape index (κ1) is 16.2. The van der Waals surface area contributed by atoms with Crippen LogP contribution in [0.2, 0.25) is 5.02 Å². The number of aromatic amines is 1. The van der Waals surface area contributed by atoms with Crippen molar-refractivity contribution in [3.05, 3.63) is 75.7 Å². The highest BCUT2D eigenvalue weighted by Gasteiger charge is 2.32. The van der Waals surface area contributed by atoms with Gasteiger partial charge in [0.1, 0.15) is 0 Å². The quantitative estimate of drug-likeness (QED) is 0.684. The summed E-state index contributed by atoms with van der Waals surface area (Å²) in [6.45, 7) is 1.41. The maximum absolute atomic E-state index is 12.5. The monoisotopic (exact) mass is 342 g/mol. The largest absolute Gasteiger partial charge is 0.376 e. The predicted octanol–water partition coefficient (Wildman–Crippen LogP) is 3.03. The zero-order valence-electron chi connectivity index (χ0n) is 12.8. The fourth-order valence-corrected chi connectivity index (χ4v) is 2.65. The fourth-order valence-electron chi connectivity index (χ4n) is 2.44. The fraction of sp³-hybridized carbons (Fsp3) is 0.111. The van der Waals surface area contributed by atoms with Crippen LogP contribution in [0.5, 0.6) is 0 Å². The number of hydrogen-bond donors (Lipinski definition) is 3. The molecule has 0 aliphatic carbocycles. The molecule has 6 heteroatoms. The third-order valence-electron chi connectivity index (χ3n) is 3.89. The average molecular weight is 343 g/mol. The number of halogens is 1. The average Bonchev–Trinajstić information content (AvgIpc) is 2.57. The van der Waals surface area contributed by atoms with Crippen LogP contribution in [0.1, 0.15) is 12.5 Å². The minimum atomic E-state index is -1.71. The molecule has 0 bridgehead atoms. The Balaban J connectivity index is 1.96. The number of aliphatic hydroxyl groups is 1. The first-order valence-corrected chi connectivity index (χ1v) is 7.67. The number of fused-ring (bicyclic) bond motifs is 1. The Kier molecular flexibility index (Phi) is 4.13. The predicted molar refractivity (Wildman–Crippen MR) is 94.2 cm³/mol. The molecule has 1 amide bonds. The van der Waals surface area contributed by atoms with Gasteiger partial charge in [0.05, 0.1) is 10.7 Å². The number of carbonyl (C=O) groups is 1. The number of aromatic nitrogens is 1. The van der Waals surface area contributed by atoms with E-state index in [9.17, 15) is 14.7 Å². The van der Waals surface area contributed by atoms with Gasteiger partial charge >= 0.3 is 0 Å². The van der Waals surface area contributed by atoms with E-state index in [0.29, 0.717) is 22.0 Å². The van der Waals surface area contributed by atoms with Crippen LogP contribution in [0.4, 0.5) is 5.69 Å². The smallest absolute Gasteiger partial charge is 0.260 e. The molecule has 5 nitrogen and oxygen atoms in total. The first-order chi connectivity index (χ1) is 11.4. The maximum atomic E-state index is 12.5. The molecule has 3 N–H and O–H groups in total. The summed E-state index contributed by atoms with van der Waals surface area (Å²) in [5, 5.41) is 14.5. The summed E-state index contributed by atoms with van der Waals surface area (Å²) in [5.74, 6) is -0.611. The maximum Gasteiger partial charge on any atom is 0.260 e. The minimum absolute atomic E-state index is 0.219. The Morgan fingerprint density at radius 3 is 2.62 bits per heavy atom. The number of nitrogens with one attached hydrogen (secondary N) is 2. The zero-order chi connectivity index (χ0) is 17.3. The minimum Gasteiger partial charge on any atom is -0.376 e. The highest BCUT2D eigenvalue weighted by Crippen LogP contribution is 2.29. The van der Waals surface area contributed by atoms with Gasteiger partial charge in [-0.1, -0.05) is 41.9 Å². The molecule has 1 heterocycles. The lowest BCUT2D eigenvalue weighted by Gasteiger charge is -2.23. The molecule has 3 rings (SSSR count). The molecular weight excluding hydrogens is 328 g/mol. The highest BCUT2D eigenvalue weighted by atomic mass is 35.5. The zero-order valence-corrected chi connectivity index (χ0v) is 13.6. The number of carbonyl (C=O) groups excluding carboxylic acids is 1. The number of rotatable bonds is 3. The van der Waals surface area contributed by atoms with Gasteiger partial charge in [0.25, 0.3) is 11.5 Å². The molecule has 0 radical (unpaired) electrons. The summed E-state index contributed by atoms with van der Waals surface area (Å²) in [6, 6.07) is 13.4. The lowest BCUT2D eigenvalue weighted by atomic mass is 9.95. The number of amides is 1. The van der Waals surface area contributed by atoms with Crippen molar-refractivity contribution in [2.24, 2.45) is 0 Å². The molecule has 2 aromatic carbocycles. The number of H-pyrrole nitrogens is 1. The van der Waals surface area contributed by atoms with Crippen LogP contribution in [0.15, 0.2) is 59.5 Å².